The Hall–Kier alpha value is -2.15. The van der Waals surface area contributed by atoms with E-state index >= 15 is 0 Å². The van der Waals surface area contributed by atoms with Crippen molar-refractivity contribution in [2.45, 2.75) is 26.1 Å². The van der Waals surface area contributed by atoms with Crippen LogP contribution in [0, 0.1) is 10.1 Å². The molecule has 2 aromatic heterocycles. The lowest BCUT2D eigenvalue weighted by atomic mass is 10.2. The van der Waals surface area contributed by atoms with Crippen LogP contribution in [-0.2, 0) is 4.74 Å². The van der Waals surface area contributed by atoms with E-state index in [4.69, 9.17) is 4.74 Å². The molecule has 7 nitrogen and oxygen atoms in total. The lowest BCUT2D eigenvalue weighted by Gasteiger charge is -2.34. The quantitative estimate of drug-likeness (QED) is 0.618. The van der Waals surface area contributed by atoms with Crippen molar-refractivity contribution in [2.75, 3.05) is 18.0 Å². The maximum Gasteiger partial charge on any atom is 0.372 e. The van der Waals surface area contributed by atoms with Crippen LogP contribution < -0.4 is 4.90 Å². The Kier molecular flexibility index (Phi) is 3.06. The normalized spacial score (nSPS) is 23.2. The highest BCUT2D eigenvalue weighted by molar-refractivity contribution is 5.63. The van der Waals surface area contributed by atoms with Crippen molar-refractivity contribution in [3.05, 3.63) is 34.5 Å². The van der Waals surface area contributed by atoms with Crippen LogP contribution in [0.25, 0.3) is 5.65 Å². The van der Waals surface area contributed by atoms with E-state index in [9.17, 15) is 10.1 Å². The fraction of sp³-hybridized carbons (Fsp3) is 0.462. The van der Waals surface area contributed by atoms with Crippen molar-refractivity contribution in [2.24, 2.45) is 0 Å². The summed E-state index contributed by atoms with van der Waals surface area (Å²) in [7, 11) is 0. The third kappa shape index (κ3) is 2.09. The molecule has 3 rings (SSSR count). The molecule has 0 saturated carbocycles. The standard InChI is InChI=1S/C13H16N4O3/c1-9-7-15(8-10(2)20-9)12-13(17(18)19)16-6-4-3-5-11(16)14-12/h3-6,9-10H,7-8H2,1-2H3. The molecule has 3 heterocycles. The Morgan fingerprint density at radius 3 is 2.70 bits per heavy atom. The number of hydrogen-bond donors (Lipinski definition) is 0. The van der Waals surface area contributed by atoms with E-state index in [0.717, 1.165) is 0 Å². The van der Waals surface area contributed by atoms with Gasteiger partial charge in [-0.05, 0) is 24.8 Å². The third-order valence-electron chi connectivity index (χ3n) is 3.38. The Labute approximate surface area is 115 Å². The number of morpholine rings is 1. The number of imidazole rings is 1. The molecule has 0 radical (unpaired) electrons. The van der Waals surface area contributed by atoms with Crippen LogP contribution >= 0.6 is 0 Å². The van der Waals surface area contributed by atoms with Crippen molar-refractivity contribution in [1.82, 2.24) is 9.38 Å². The smallest absolute Gasteiger partial charge is 0.372 e. The SMILES string of the molecule is CC1CN(c2nc3ccccn3c2[N+](=O)[O-])CC(C)O1. The number of ether oxygens (including phenoxy) is 1. The summed E-state index contributed by atoms with van der Waals surface area (Å²) >= 11 is 0. The fourth-order valence-electron chi connectivity index (χ4n) is 2.70. The van der Waals surface area contributed by atoms with Crippen LogP contribution in [0.5, 0.6) is 0 Å². The number of nitro groups is 1. The highest BCUT2D eigenvalue weighted by Crippen LogP contribution is 2.30. The van der Waals surface area contributed by atoms with Gasteiger partial charge in [-0.3, -0.25) is 0 Å². The van der Waals surface area contributed by atoms with E-state index in [1.54, 1.807) is 18.3 Å². The van der Waals surface area contributed by atoms with Crippen molar-refractivity contribution >= 4 is 17.3 Å². The van der Waals surface area contributed by atoms with E-state index in [-0.39, 0.29) is 22.9 Å². The maximum atomic E-state index is 11.4. The van der Waals surface area contributed by atoms with E-state index in [1.165, 1.54) is 4.40 Å². The first kappa shape index (κ1) is 12.9. The summed E-state index contributed by atoms with van der Waals surface area (Å²) in [5.41, 5.74) is 0.584. The highest BCUT2D eigenvalue weighted by atomic mass is 16.6. The number of anilines is 1. The van der Waals surface area contributed by atoms with Gasteiger partial charge in [-0.15, -0.1) is 0 Å². The van der Waals surface area contributed by atoms with Crippen molar-refractivity contribution < 1.29 is 9.66 Å². The molecule has 1 saturated heterocycles. The Morgan fingerprint density at radius 2 is 2.05 bits per heavy atom. The average Bonchev–Trinajstić information content (AvgIpc) is 2.76. The minimum atomic E-state index is -0.375. The zero-order valence-corrected chi connectivity index (χ0v) is 11.4. The molecule has 2 atom stereocenters. The molecule has 20 heavy (non-hydrogen) atoms. The molecule has 1 aliphatic heterocycles. The van der Waals surface area contributed by atoms with Gasteiger partial charge in [0.15, 0.2) is 0 Å². The zero-order valence-electron chi connectivity index (χ0n) is 11.4. The van der Waals surface area contributed by atoms with Gasteiger partial charge in [0.2, 0.25) is 11.5 Å². The molecular formula is C13H16N4O3. The summed E-state index contributed by atoms with van der Waals surface area (Å²) in [5.74, 6) is 0.435. The monoisotopic (exact) mass is 276 g/mol. The summed E-state index contributed by atoms with van der Waals surface area (Å²) in [6.45, 7) is 5.14. The second-order valence-corrected chi connectivity index (χ2v) is 5.11. The Balaban J connectivity index is 2.10. The molecule has 0 aromatic carbocycles. The Bertz CT molecular complexity index is 644. The molecule has 0 amide bonds. The number of aromatic nitrogens is 2. The molecule has 1 aliphatic rings. The minimum Gasteiger partial charge on any atom is -0.372 e. The van der Waals surface area contributed by atoms with Crippen LogP contribution in [0.4, 0.5) is 11.6 Å². The lowest BCUT2D eigenvalue weighted by Crippen LogP contribution is -2.45. The lowest BCUT2D eigenvalue weighted by molar-refractivity contribution is -0.389. The molecule has 106 valence electrons. The predicted molar refractivity (Wildman–Crippen MR) is 74.1 cm³/mol. The zero-order chi connectivity index (χ0) is 14.3. The van der Waals surface area contributed by atoms with Gasteiger partial charge in [0.1, 0.15) is 0 Å². The van der Waals surface area contributed by atoms with E-state index in [2.05, 4.69) is 4.98 Å². The van der Waals surface area contributed by atoms with Gasteiger partial charge < -0.3 is 19.8 Å². The third-order valence-corrected chi connectivity index (χ3v) is 3.38. The summed E-state index contributed by atoms with van der Waals surface area (Å²) in [6.07, 6.45) is 1.73. The molecule has 1 fully saturated rings. The summed E-state index contributed by atoms with van der Waals surface area (Å²) in [5, 5.41) is 11.4. The summed E-state index contributed by atoms with van der Waals surface area (Å²) < 4.78 is 7.18. The molecule has 7 heteroatoms. The van der Waals surface area contributed by atoms with Gasteiger partial charge in [0.25, 0.3) is 0 Å². The van der Waals surface area contributed by atoms with Crippen LogP contribution in [0.15, 0.2) is 24.4 Å². The number of hydrogen-bond acceptors (Lipinski definition) is 5. The average molecular weight is 276 g/mol. The van der Waals surface area contributed by atoms with Crippen LogP contribution in [0.3, 0.4) is 0 Å². The van der Waals surface area contributed by atoms with Crippen molar-refractivity contribution in [1.29, 1.82) is 0 Å². The van der Waals surface area contributed by atoms with Gasteiger partial charge in [0, 0.05) is 19.2 Å². The van der Waals surface area contributed by atoms with E-state index < -0.39 is 0 Å². The summed E-state index contributed by atoms with van der Waals surface area (Å²) in [6, 6.07) is 5.35. The van der Waals surface area contributed by atoms with Gasteiger partial charge in [-0.25, -0.2) is 0 Å². The van der Waals surface area contributed by atoms with Crippen LogP contribution in [0.1, 0.15) is 13.8 Å². The summed E-state index contributed by atoms with van der Waals surface area (Å²) in [4.78, 5) is 17.4. The largest absolute Gasteiger partial charge is 0.372 e. The number of fused-ring (bicyclic) bond motifs is 1. The van der Waals surface area contributed by atoms with E-state index in [1.807, 2.05) is 24.8 Å². The molecule has 0 spiro atoms. The molecule has 0 N–H and O–H groups in total. The highest BCUT2D eigenvalue weighted by Gasteiger charge is 2.31. The first-order valence-corrected chi connectivity index (χ1v) is 6.58. The van der Waals surface area contributed by atoms with Crippen LogP contribution in [-0.4, -0.2) is 39.6 Å². The van der Waals surface area contributed by atoms with Crippen LogP contribution in [0.2, 0.25) is 0 Å². The second kappa shape index (κ2) is 4.75. The fourth-order valence-corrected chi connectivity index (χ4v) is 2.70. The van der Waals surface area contributed by atoms with Crippen molar-refractivity contribution in [3.63, 3.8) is 0 Å². The van der Waals surface area contributed by atoms with Gasteiger partial charge in [0.05, 0.1) is 18.4 Å². The number of nitrogens with zero attached hydrogens (tertiary/aromatic N) is 4. The van der Waals surface area contributed by atoms with Gasteiger partial charge in [-0.1, -0.05) is 6.07 Å². The molecular weight excluding hydrogens is 260 g/mol. The van der Waals surface area contributed by atoms with Gasteiger partial charge in [-0.2, -0.15) is 9.38 Å². The molecule has 0 bridgehead atoms. The van der Waals surface area contributed by atoms with E-state index in [0.29, 0.717) is 24.6 Å². The first-order valence-electron chi connectivity index (χ1n) is 6.58. The topological polar surface area (TPSA) is 72.9 Å². The second-order valence-electron chi connectivity index (χ2n) is 5.11. The van der Waals surface area contributed by atoms with Crippen molar-refractivity contribution in [3.8, 4) is 0 Å². The number of rotatable bonds is 2. The van der Waals surface area contributed by atoms with Gasteiger partial charge >= 0.3 is 5.82 Å². The number of pyridine rings is 1. The maximum absolute atomic E-state index is 11.4. The minimum absolute atomic E-state index is 0.0156. The first-order chi connectivity index (χ1) is 9.56. The predicted octanol–water partition coefficient (Wildman–Crippen LogP) is 1.86. The molecule has 2 aromatic rings. The molecule has 2 unspecified atom stereocenters. The Morgan fingerprint density at radius 1 is 1.35 bits per heavy atom. The molecule has 0 aliphatic carbocycles.